The van der Waals surface area contributed by atoms with Crippen molar-refractivity contribution in [3.05, 3.63) is 64.7 Å². The van der Waals surface area contributed by atoms with E-state index in [-0.39, 0.29) is 12.6 Å². The first kappa shape index (κ1) is 15.1. The number of carboxylic acid groups (broad SMARTS) is 1. The Balaban J connectivity index is 1.79. The summed E-state index contributed by atoms with van der Waals surface area (Å²) in [5.74, 6) is -1.30. The summed E-state index contributed by atoms with van der Waals surface area (Å²) in [6.07, 6.45) is 0.360. The summed E-state index contributed by atoms with van der Waals surface area (Å²) in [4.78, 5) is 23.1. The van der Waals surface area contributed by atoms with E-state index in [2.05, 4.69) is 5.32 Å². The summed E-state index contributed by atoms with van der Waals surface area (Å²) in [5, 5.41) is 12.4. The van der Waals surface area contributed by atoms with E-state index < -0.39 is 12.0 Å². The third-order valence-corrected chi connectivity index (χ3v) is 3.85. The van der Waals surface area contributed by atoms with Gasteiger partial charge in [-0.2, -0.15) is 0 Å². The van der Waals surface area contributed by atoms with E-state index in [1.165, 1.54) is 0 Å². The summed E-state index contributed by atoms with van der Waals surface area (Å²) >= 11 is 0. The molecule has 5 nitrogen and oxygen atoms in total. The van der Waals surface area contributed by atoms with Gasteiger partial charge in [-0.3, -0.25) is 0 Å². The maximum Gasteiger partial charge on any atom is 0.338 e. The average molecular weight is 311 g/mol. The van der Waals surface area contributed by atoms with E-state index in [0.29, 0.717) is 17.7 Å². The zero-order valence-electron chi connectivity index (χ0n) is 12.7. The van der Waals surface area contributed by atoms with E-state index in [9.17, 15) is 14.7 Å². The molecule has 0 saturated carbocycles. The zero-order valence-corrected chi connectivity index (χ0v) is 12.7. The zero-order chi connectivity index (χ0) is 16.4. The molecule has 23 heavy (non-hydrogen) atoms. The van der Waals surface area contributed by atoms with Gasteiger partial charge in [0, 0.05) is 17.7 Å². The number of cyclic esters (lactones) is 1. The average Bonchev–Trinajstić information content (AvgIpc) is 2.88. The monoisotopic (exact) mass is 311 g/mol. The van der Waals surface area contributed by atoms with Gasteiger partial charge in [-0.1, -0.05) is 35.9 Å². The quantitative estimate of drug-likeness (QED) is 0.830. The van der Waals surface area contributed by atoms with Crippen molar-refractivity contribution in [1.29, 1.82) is 0 Å². The van der Waals surface area contributed by atoms with Crippen LogP contribution < -0.4 is 5.32 Å². The van der Waals surface area contributed by atoms with Crippen LogP contribution in [0.4, 0.5) is 5.69 Å². The van der Waals surface area contributed by atoms with Gasteiger partial charge in [0.05, 0.1) is 5.56 Å². The largest absolute Gasteiger partial charge is 0.480 e. The number of carboxylic acids is 1. The topological polar surface area (TPSA) is 75.6 Å². The Kier molecular flexibility index (Phi) is 4.02. The molecule has 0 bridgehead atoms. The van der Waals surface area contributed by atoms with Crippen molar-refractivity contribution in [2.24, 2.45) is 0 Å². The van der Waals surface area contributed by atoms with Crippen LogP contribution in [0.2, 0.25) is 0 Å². The van der Waals surface area contributed by atoms with E-state index in [1.807, 2.05) is 31.2 Å². The van der Waals surface area contributed by atoms with E-state index in [0.717, 1.165) is 16.7 Å². The number of esters is 1. The number of fused-ring (bicyclic) bond motifs is 1. The van der Waals surface area contributed by atoms with Gasteiger partial charge in [-0.15, -0.1) is 0 Å². The molecule has 2 aromatic rings. The maximum atomic E-state index is 11.6. The van der Waals surface area contributed by atoms with Crippen LogP contribution in [0.5, 0.6) is 0 Å². The number of anilines is 1. The van der Waals surface area contributed by atoms with Gasteiger partial charge in [0.1, 0.15) is 12.6 Å². The van der Waals surface area contributed by atoms with Crippen LogP contribution in [0, 0.1) is 6.92 Å². The third kappa shape index (κ3) is 3.34. The molecule has 0 spiro atoms. The number of benzene rings is 2. The van der Waals surface area contributed by atoms with Gasteiger partial charge in [0.2, 0.25) is 0 Å². The Morgan fingerprint density at radius 1 is 1.30 bits per heavy atom. The van der Waals surface area contributed by atoms with Gasteiger partial charge >= 0.3 is 11.9 Å². The summed E-state index contributed by atoms with van der Waals surface area (Å²) in [5.41, 5.74) is 3.96. The van der Waals surface area contributed by atoms with Crippen molar-refractivity contribution in [2.75, 3.05) is 5.32 Å². The fourth-order valence-corrected chi connectivity index (χ4v) is 2.68. The molecule has 5 heteroatoms. The third-order valence-electron chi connectivity index (χ3n) is 3.85. The number of hydrogen-bond donors (Lipinski definition) is 2. The normalized spacial score (nSPS) is 14.0. The molecule has 2 aromatic carbocycles. The molecule has 0 aliphatic carbocycles. The SMILES string of the molecule is Cc1cccc(CC(Nc2ccc3c(c2)C(=O)OC3)C(=O)O)c1. The summed E-state index contributed by atoms with van der Waals surface area (Å²) in [6.45, 7) is 2.25. The number of nitrogens with one attached hydrogen (secondary N) is 1. The Bertz CT molecular complexity index is 769. The highest BCUT2D eigenvalue weighted by molar-refractivity contribution is 5.94. The number of carbonyl (C=O) groups excluding carboxylic acids is 1. The van der Waals surface area contributed by atoms with Crippen molar-refractivity contribution in [2.45, 2.75) is 26.0 Å². The Hall–Kier alpha value is -2.82. The fraction of sp³-hybridized carbons (Fsp3) is 0.222. The first-order chi connectivity index (χ1) is 11.0. The Morgan fingerprint density at radius 3 is 2.87 bits per heavy atom. The number of carbonyl (C=O) groups is 2. The molecule has 1 unspecified atom stereocenters. The first-order valence-corrected chi connectivity index (χ1v) is 7.38. The highest BCUT2D eigenvalue weighted by Crippen LogP contribution is 2.24. The number of rotatable bonds is 5. The second-order valence-electron chi connectivity index (χ2n) is 5.68. The van der Waals surface area contributed by atoms with E-state index in [1.54, 1.807) is 18.2 Å². The second kappa shape index (κ2) is 6.12. The number of hydrogen-bond acceptors (Lipinski definition) is 4. The standard InChI is InChI=1S/C18H17NO4/c1-11-3-2-4-12(7-11)8-16(17(20)21)19-14-6-5-13-10-23-18(22)15(13)9-14/h2-7,9,16,19H,8,10H2,1H3,(H,20,21). The lowest BCUT2D eigenvalue weighted by Crippen LogP contribution is -2.31. The van der Waals surface area contributed by atoms with Crippen molar-refractivity contribution in [3.63, 3.8) is 0 Å². The lowest BCUT2D eigenvalue weighted by atomic mass is 10.0. The van der Waals surface area contributed by atoms with Crippen LogP contribution in [0.1, 0.15) is 27.0 Å². The summed E-state index contributed by atoms with van der Waals surface area (Å²) in [6, 6.07) is 12.2. The van der Waals surface area contributed by atoms with Crippen LogP contribution in [0.15, 0.2) is 42.5 Å². The van der Waals surface area contributed by atoms with Gasteiger partial charge in [-0.05, 0) is 24.6 Å². The van der Waals surface area contributed by atoms with Gasteiger partial charge in [-0.25, -0.2) is 9.59 Å². The number of aryl methyl sites for hydroxylation is 1. The second-order valence-corrected chi connectivity index (χ2v) is 5.68. The highest BCUT2D eigenvalue weighted by atomic mass is 16.5. The Labute approximate surface area is 133 Å². The first-order valence-electron chi connectivity index (χ1n) is 7.38. The Morgan fingerprint density at radius 2 is 2.13 bits per heavy atom. The van der Waals surface area contributed by atoms with E-state index in [4.69, 9.17) is 4.74 Å². The molecule has 0 saturated heterocycles. The molecule has 0 fully saturated rings. The van der Waals surface area contributed by atoms with Crippen LogP contribution >= 0.6 is 0 Å². The van der Waals surface area contributed by atoms with Crippen molar-refractivity contribution < 1.29 is 19.4 Å². The molecule has 1 heterocycles. The minimum absolute atomic E-state index is 0.278. The van der Waals surface area contributed by atoms with Crippen LogP contribution in [-0.2, 0) is 22.6 Å². The maximum absolute atomic E-state index is 11.6. The predicted octanol–water partition coefficient (Wildman–Crippen LogP) is 2.77. The minimum Gasteiger partial charge on any atom is -0.480 e. The fourth-order valence-electron chi connectivity index (χ4n) is 2.68. The summed E-state index contributed by atoms with van der Waals surface area (Å²) in [7, 11) is 0. The molecular formula is C18H17NO4. The van der Waals surface area contributed by atoms with Crippen LogP contribution in [0.25, 0.3) is 0 Å². The van der Waals surface area contributed by atoms with Crippen LogP contribution in [-0.4, -0.2) is 23.1 Å². The van der Waals surface area contributed by atoms with Gasteiger partial charge < -0.3 is 15.2 Å². The van der Waals surface area contributed by atoms with Crippen molar-refractivity contribution in [3.8, 4) is 0 Å². The lowest BCUT2D eigenvalue weighted by molar-refractivity contribution is -0.137. The molecule has 0 amide bonds. The molecule has 1 aliphatic heterocycles. The molecule has 1 atom stereocenters. The number of ether oxygens (including phenoxy) is 1. The van der Waals surface area contributed by atoms with Gasteiger partial charge in [0.25, 0.3) is 0 Å². The molecule has 0 aromatic heterocycles. The molecule has 3 rings (SSSR count). The van der Waals surface area contributed by atoms with Gasteiger partial charge in [0.15, 0.2) is 0 Å². The molecule has 2 N–H and O–H groups in total. The smallest absolute Gasteiger partial charge is 0.338 e. The molecule has 1 aliphatic rings. The number of aliphatic carboxylic acids is 1. The minimum atomic E-state index is -0.936. The van der Waals surface area contributed by atoms with E-state index >= 15 is 0 Å². The molecule has 0 radical (unpaired) electrons. The highest BCUT2D eigenvalue weighted by Gasteiger charge is 2.23. The van der Waals surface area contributed by atoms with Crippen molar-refractivity contribution >= 4 is 17.6 Å². The predicted molar refractivity (Wildman–Crippen MR) is 85.5 cm³/mol. The van der Waals surface area contributed by atoms with Crippen molar-refractivity contribution in [1.82, 2.24) is 0 Å². The molecular weight excluding hydrogens is 294 g/mol. The lowest BCUT2D eigenvalue weighted by Gasteiger charge is -2.16. The van der Waals surface area contributed by atoms with Crippen LogP contribution in [0.3, 0.4) is 0 Å². The molecule has 118 valence electrons. The summed E-state index contributed by atoms with van der Waals surface area (Å²) < 4.78 is 4.96.